The van der Waals surface area contributed by atoms with E-state index in [0.29, 0.717) is 42.4 Å². The van der Waals surface area contributed by atoms with Crippen LogP contribution in [0.3, 0.4) is 0 Å². The van der Waals surface area contributed by atoms with Gasteiger partial charge in [-0.25, -0.2) is 4.39 Å². The largest absolute Gasteiger partial charge is 0.392 e. The van der Waals surface area contributed by atoms with E-state index in [0.717, 1.165) is 5.56 Å². The van der Waals surface area contributed by atoms with E-state index in [1.807, 2.05) is 18.2 Å². The Hall–Kier alpha value is -3.08. The Morgan fingerprint density at radius 2 is 2.07 bits per heavy atom. The molecular weight excluding hydrogens is 347 g/mol. The molecule has 136 valence electrons. The molecule has 2 unspecified atom stereocenters. The maximum absolute atomic E-state index is 13.1. The highest BCUT2D eigenvalue weighted by atomic mass is 19.1. The predicted molar refractivity (Wildman–Crippen MR) is 94.6 cm³/mol. The van der Waals surface area contributed by atoms with Gasteiger partial charge in [0.05, 0.1) is 23.8 Å². The van der Waals surface area contributed by atoms with Gasteiger partial charge in [0, 0.05) is 18.7 Å². The molecule has 1 saturated heterocycles. The SMILES string of the molecule is N#Cc1cccc(CN2CC(O)CC2c2nc(-c3ccc(F)cc3)no2)c1. The number of rotatable bonds is 4. The van der Waals surface area contributed by atoms with Crippen LogP contribution >= 0.6 is 0 Å². The minimum atomic E-state index is -0.490. The van der Waals surface area contributed by atoms with Crippen molar-refractivity contribution in [2.45, 2.75) is 25.1 Å². The lowest BCUT2D eigenvalue weighted by Gasteiger charge is -2.21. The average Bonchev–Trinajstić information content (AvgIpc) is 3.29. The molecule has 0 amide bonds. The monoisotopic (exact) mass is 364 g/mol. The summed E-state index contributed by atoms with van der Waals surface area (Å²) in [7, 11) is 0. The molecule has 1 fully saturated rings. The van der Waals surface area contributed by atoms with Gasteiger partial charge in [0.15, 0.2) is 0 Å². The summed E-state index contributed by atoms with van der Waals surface area (Å²) < 4.78 is 18.5. The van der Waals surface area contributed by atoms with E-state index >= 15 is 0 Å². The molecule has 0 saturated carbocycles. The highest BCUT2D eigenvalue weighted by molar-refractivity contribution is 5.53. The van der Waals surface area contributed by atoms with Gasteiger partial charge in [-0.2, -0.15) is 10.2 Å². The molecule has 27 heavy (non-hydrogen) atoms. The van der Waals surface area contributed by atoms with Gasteiger partial charge in [0.2, 0.25) is 11.7 Å². The third kappa shape index (κ3) is 3.72. The van der Waals surface area contributed by atoms with Gasteiger partial charge in [-0.3, -0.25) is 4.90 Å². The molecule has 2 atom stereocenters. The van der Waals surface area contributed by atoms with Crippen molar-refractivity contribution in [3.8, 4) is 17.5 Å². The number of nitriles is 1. The highest BCUT2D eigenvalue weighted by Gasteiger charge is 2.36. The van der Waals surface area contributed by atoms with Gasteiger partial charge in [0.25, 0.3) is 0 Å². The van der Waals surface area contributed by atoms with Crippen molar-refractivity contribution in [3.63, 3.8) is 0 Å². The van der Waals surface area contributed by atoms with E-state index in [-0.39, 0.29) is 11.9 Å². The van der Waals surface area contributed by atoms with Crippen LogP contribution in [0.15, 0.2) is 53.1 Å². The van der Waals surface area contributed by atoms with Crippen LogP contribution in [0.1, 0.15) is 29.5 Å². The number of hydrogen-bond donors (Lipinski definition) is 1. The zero-order valence-corrected chi connectivity index (χ0v) is 14.4. The third-order valence-corrected chi connectivity index (χ3v) is 4.65. The quantitative estimate of drug-likeness (QED) is 0.766. The van der Waals surface area contributed by atoms with Crippen LogP contribution in [-0.2, 0) is 6.54 Å². The van der Waals surface area contributed by atoms with Crippen molar-refractivity contribution >= 4 is 0 Å². The van der Waals surface area contributed by atoms with Crippen molar-refractivity contribution in [2.24, 2.45) is 0 Å². The van der Waals surface area contributed by atoms with Crippen molar-refractivity contribution in [2.75, 3.05) is 6.54 Å². The van der Waals surface area contributed by atoms with E-state index in [9.17, 15) is 9.50 Å². The van der Waals surface area contributed by atoms with Gasteiger partial charge in [-0.1, -0.05) is 17.3 Å². The molecule has 0 bridgehead atoms. The van der Waals surface area contributed by atoms with E-state index < -0.39 is 6.10 Å². The molecule has 3 aromatic rings. The first-order valence-corrected chi connectivity index (χ1v) is 8.63. The Balaban J connectivity index is 1.56. The van der Waals surface area contributed by atoms with Crippen molar-refractivity contribution < 1.29 is 14.0 Å². The molecule has 1 aliphatic heterocycles. The predicted octanol–water partition coefficient (Wildman–Crippen LogP) is 3.06. The molecule has 0 radical (unpaired) electrons. The lowest BCUT2D eigenvalue weighted by atomic mass is 10.1. The van der Waals surface area contributed by atoms with Gasteiger partial charge in [0.1, 0.15) is 5.82 Å². The Morgan fingerprint density at radius 3 is 2.85 bits per heavy atom. The second-order valence-corrected chi connectivity index (χ2v) is 6.61. The van der Waals surface area contributed by atoms with Crippen LogP contribution in [-0.4, -0.2) is 32.8 Å². The minimum Gasteiger partial charge on any atom is -0.392 e. The van der Waals surface area contributed by atoms with E-state index in [4.69, 9.17) is 9.78 Å². The molecule has 0 spiro atoms. The zero-order chi connectivity index (χ0) is 18.8. The summed E-state index contributed by atoms with van der Waals surface area (Å²) in [4.78, 5) is 6.51. The molecule has 1 aromatic heterocycles. The lowest BCUT2D eigenvalue weighted by molar-refractivity contribution is 0.169. The number of hydrogen-bond acceptors (Lipinski definition) is 6. The summed E-state index contributed by atoms with van der Waals surface area (Å²) in [5, 5.41) is 23.2. The summed E-state index contributed by atoms with van der Waals surface area (Å²) in [6, 6.07) is 15.2. The maximum atomic E-state index is 13.1. The summed E-state index contributed by atoms with van der Waals surface area (Å²) in [6.07, 6.45) is -0.00136. The minimum absolute atomic E-state index is 0.215. The van der Waals surface area contributed by atoms with Crippen LogP contribution in [0.25, 0.3) is 11.4 Å². The Morgan fingerprint density at radius 1 is 1.26 bits per heavy atom. The standard InChI is InChI=1S/C20H17FN4O2/c21-16-6-4-15(5-7-16)19-23-20(27-24-19)18-9-17(26)12-25(18)11-14-3-1-2-13(8-14)10-22/h1-8,17-18,26H,9,11-12H2. The summed E-state index contributed by atoms with van der Waals surface area (Å²) in [6.45, 7) is 1.04. The summed E-state index contributed by atoms with van der Waals surface area (Å²) in [5.41, 5.74) is 2.24. The van der Waals surface area contributed by atoms with Gasteiger partial charge < -0.3 is 9.63 Å². The number of halogens is 1. The van der Waals surface area contributed by atoms with Crippen molar-refractivity contribution in [1.29, 1.82) is 5.26 Å². The molecular formula is C20H17FN4O2. The maximum Gasteiger partial charge on any atom is 0.244 e. The Bertz CT molecular complexity index is 980. The summed E-state index contributed by atoms with van der Waals surface area (Å²) in [5.74, 6) is 0.479. The first-order valence-electron chi connectivity index (χ1n) is 8.63. The fraction of sp³-hybridized carbons (Fsp3) is 0.250. The van der Waals surface area contributed by atoms with E-state index in [2.05, 4.69) is 21.1 Å². The van der Waals surface area contributed by atoms with Gasteiger partial charge in [-0.05, 0) is 48.4 Å². The number of β-amino-alcohol motifs (C(OH)–C–C–N with tert-alkyl or cyclic N) is 1. The second kappa shape index (κ2) is 7.27. The zero-order valence-electron chi connectivity index (χ0n) is 14.4. The molecule has 7 heteroatoms. The fourth-order valence-corrected chi connectivity index (χ4v) is 3.37. The number of aliphatic hydroxyl groups is 1. The van der Waals surface area contributed by atoms with E-state index in [1.54, 1.807) is 18.2 Å². The normalized spacial score (nSPS) is 19.9. The van der Waals surface area contributed by atoms with Gasteiger partial charge in [-0.15, -0.1) is 0 Å². The number of aromatic nitrogens is 2. The van der Waals surface area contributed by atoms with Crippen molar-refractivity contribution in [3.05, 3.63) is 71.4 Å². The number of likely N-dealkylation sites (tertiary alicyclic amines) is 1. The fourth-order valence-electron chi connectivity index (χ4n) is 3.37. The van der Waals surface area contributed by atoms with Crippen LogP contribution in [0, 0.1) is 17.1 Å². The highest BCUT2D eigenvalue weighted by Crippen LogP contribution is 2.33. The molecule has 2 aromatic carbocycles. The third-order valence-electron chi connectivity index (χ3n) is 4.65. The molecule has 4 rings (SSSR count). The Labute approximate surface area is 155 Å². The molecule has 1 aliphatic rings. The van der Waals surface area contributed by atoms with Crippen LogP contribution in [0.2, 0.25) is 0 Å². The molecule has 0 aliphatic carbocycles. The first-order chi connectivity index (χ1) is 13.1. The number of benzene rings is 2. The average molecular weight is 364 g/mol. The van der Waals surface area contributed by atoms with Crippen LogP contribution < -0.4 is 0 Å². The second-order valence-electron chi connectivity index (χ2n) is 6.61. The van der Waals surface area contributed by atoms with Crippen LogP contribution in [0.5, 0.6) is 0 Å². The summed E-state index contributed by atoms with van der Waals surface area (Å²) >= 11 is 0. The molecule has 1 N–H and O–H groups in total. The first kappa shape index (κ1) is 17.3. The topological polar surface area (TPSA) is 86.2 Å². The number of aliphatic hydroxyl groups excluding tert-OH is 1. The van der Waals surface area contributed by atoms with Crippen molar-refractivity contribution in [1.82, 2.24) is 15.0 Å². The Kier molecular flexibility index (Phi) is 4.67. The van der Waals surface area contributed by atoms with E-state index in [1.165, 1.54) is 12.1 Å². The smallest absolute Gasteiger partial charge is 0.244 e. The van der Waals surface area contributed by atoms with Gasteiger partial charge >= 0.3 is 0 Å². The molecule has 6 nitrogen and oxygen atoms in total. The van der Waals surface area contributed by atoms with Crippen LogP contribution in [0.4, 0.5) is 4.39 Å². The number of nitrogens with zero attached hydrogens (tertiary/aromatic N) is 4. The lowest BCUT2D eigenvalue weighted by Crippen LogP contribution is -2.24. The molecule has 2 heterocycles.